The lowest BCUT2D eigenvalue weighted by Crippen LogP contribution is -1.95. The van der Waals surface area contributed by atoms with E-state index in [2.05, 4.69) is 96.4 Å². The van der Waals surface area contributed by atoms with Gasteiger partial charge in [-0.3, -0.25) is 0 Å². The highest BCUT2D eigenvalue weighted by Gasteiger charge is 2.08. The molecule has 0 saturated carbocycles. The lowest BCUT2D eigenvalue weighted by molar-refractivity contribution is 1.05. The molecule has 0 aliphatic heterocycles. The zero-order valence-corrected chi connectivity index (χ0v) is 12.5. The quantitative estimate of drug-likeness (QED) is 0.451. The molecule has 0 fully saturated rings. The predicted molar refractivity (Wildman–Crippen MR) is 93.4 cm³/mol. The molecule has 0 radical (unpaired) electrons. The number of nitrogens with zero attached hydrogens (tertiary/aromatic N) is 1. The van der Waals surface area contributed by atoms with Crippen molar-refractivity contribution >= 4 is 10.9 Å². The number of hydrogen-bond acceptors (Lipinski definition) is 0. The summed E-state index contributed by atoms with van der Waals surface area (Å²) >= 11 is 0. The highest BCUT2D eigenvalue weighted by molar-refractivity contribution is 5.88. The van der Waals surface area contributed by atoms with E-state index in [1.165, 1.54) is 33.4 Å². The highest BCUT2D eigenvalue weighted by atomic mass is 15.0. The van der Waals surface area contributed by atoms with Gasteiger partial charge in [-0.2, -0.15) is 0 Å². The van der Waals surface area contributed by atoms with Crippen molar-refractivity contribution < 1.29 is 0 Å². The molecule has 4 rings (SSSR count). The normalized spacial score (nSPS) is 11.0. The zero-order valence-electron chi connectivity index (χ0n) is 12.5. The van der Waals surface area contributed by atoms with Gasteiger partial charge in [-0.1, -0.05) is 54.6 Å². The van der Waals surface area contributed by atoms with Crippen molar-refractivity contribution in [1.29, 1.82) is 0 Å². The van der Waals surface area contributed by atoms with Gasteiger partial charge in [-0.05, 0) is 48.4 Å². The number of fused-ring (bicyclic) bond motifs is 1. The maximum atomic E-state index is 2.31. The van der Waals surface area contributed by atoms with Gasteiger partial charge in [0.1, 0.15) is 0 Å². The first-order chi connectivity index (χ1) is 10.8. The monoisotopic (exact) mass is 283 g/mol. The van der Waals surface area contributed by atoms with E-state index in [1.54, 1.807) is 0 Å². The second-order valence-electron chi connectivity index (χ2n) is 5.60. The Morgan fingerprint density at radius 2 is 1.32 bits per heavy atom. The van der Waals surface area contributed by atoms with Crippen LogP contribution in [-0.2, 0) is 0 Å². The molecule has 1 heteroatoms. The van der Waals surface area contributed by atoms with Gasteiger partial charge in [0.2, 0.25) is 0 Å². The van der Waals surface area contributed by atoms with Crippen molar-refractivity contribution in [3.8, 4) is 16.8 Å². The molecule has 0 unspecified atom stereocenters. The van der Waals surface area contributed by atoms with Gasteiger partial charge >= 0.3 is 0 Å². The summed E-state index contributed by atoms with van der Waals surface area (Å²) in [5, 5.41) is 1.28. The number of benzene rings is 3. The van der Waals surface area contributed by atoms with Crippen LogP contribution in [0.1, 0.15) is 5.69 Å². The fourth-order valence-electron chi connectivity index (χ4n) is 3.08. The molecular weight excluding hydrogens is 266 g/mol. The van der Waals surface area contributed by atoms with Crippen LogP contribution in [0.5, 0.6) is 0 Å². The van der Waals surface area contributed by atoms with E-state index in [1.807, 2.05) is 0 Å². The van der Waals surface area contributed by atoms with Crippen LogP contribution < -0.4 is 0 Å². The Kier molecular flexibility index (Phi) is 3.05. The van der Waals surface area contributed by atoms with E-state index in [-0.39, 0.29) is 0 Å². The molecule has 0 aliphatic carbocycles. The molecule has 4 aromatic rings. The van der Waals surface area contributed by atoms with Crippen molar-refractivity contribution in [2.24, 2.45) is 0 Å². The van der Waals surface area contributed by atoms with Gasteiger partial charge in [0.05, 0.1) is 5.52 Å². The molecular formula is C21H17N. The van der Waals surface area contributed by atoms with Gasteiger partial charge in [0.15, 0.2) is 0 Å². The third-order valence-corrected chi connectivity index (χ3v) is 4.11. The molecule has 1 heterocycles. The third kappa shape index (κ3) is 2.11. The summed E-state index contributed by atoms with van der Waals surface area (Å²) in [4.78, 5) is 0. The van der Waals surface area contributed by atoms with E-state index in [4.69, 9.17) is 0 Å². The van der Waals surface area contributed by atoms with Crippen LogP contribution in [0.4, 0.5) is 0 Å². The summed E-state index contributed by atoms with van der Waals surface area (Å²) < 4.78 is 2.31. The van der Waals surface area contributed by atoms with Crippen molar-refractivity contribution in [3.05, 3.63) is 90.6 Å². The van der Waals surface area contributed by atoms with Crippen molar-refractivity contribution in [2.45, 2.75) is 6.92 Å². The standard InChI is InChI=1S/C21H17N/c1-16-14-19-15-18(17-8-4-2-5-9-17)12-13-21(19)22(16)20-10-6-3-7-11-20/h2-15H,1H3. The van der Waals surface area contributed by atoms with Crippen molar-refractivity contribution in [2.75, 3.05) is 0 Å². The van der Waals surface area contributed by atoms with Crippen LogP contribution in [0.3, 0.4) is 0 Å². The molecule has 0 bridgehead atoms. The summed E-state index contributed by atoms with van der Waals surface area (Å²) in [6, 6.07) is 30.0. The lowest BCUT2D eigenvalue weighted by atomic mass is 10.0. The van der Waals surface area contributed by atoms with Gasteiger partial charge in [-0.15, -0.1) is 0 Å². The first kappa shape index (κ1) is 12.9. The maximum Gasteiger partial charge on any atom is 0.0531 e. The van der Waals surface area contributed by atoms with Crippen molar-refractivity contribution in [1.82, 2.24) is 4.57 Å². The summed E-state index contributed by atoms with van der Waals surface area (Å²) in [6.45, 7) is 2.16. The number of hydrogen-bond donors (Lipinski definition) is 0. The largest absolute Gasteiger partial charge is 0.314 e. The molecule has 106 valence electrons. The Bertz CT molecular complexity index is 918. The predicted octanol–water partition coefficient (Wildman–Crippen LogP) is 5.61. The summed E-state index contributed by atoms with van der Waals surface area (Å²) in [6.07, 6.45) is 0. The Morgan fingerprint density at radius 1 is 0.636 bits per heavy atom. The second kappa shape index (κ2) is 5.19. The van der Waals surface area contributed by atoms with Crippen LogP contribution >= 0.6 is 0 Å². The number of aromatic nitrogens is 1. The van der Waals surface area contributed by atoms with E-state index < -0.39 is 0 Å². The third-order valence-electron chi connectivity index (χ3n) is 4.11. The number of rotatable bonds is 2. The number of aryl methyl sites for hydroxylation is 1. The van der Waals surface area contributed by atoms with E-state index in [0.717, 1.165) is 0 Å². The molecule has 22 heavy (non-hydrogen) atoms. The van der Waals surface area contributed by atoms with Crippen LogP contribution in [0.2, 0.25) is 0 Å². The van der Waals surface area contributed by atoms with Gasteiger partial charge in [0.25, 0.3) is 0 Å². The molecule has 3 aromatic carbocycles. The molecule has 0 atom stereocenters. The molecule has 0 spiro atoms. The molecule has 0 aliphatic rings. The average Bonchev–Trinajstić information content (AvgIpc) is 2.91. The molecule has 0 N–H and O–H groups in total. The fraction of sp³-hybridized carbons (Fsp3) is 0.0476. The van der Waals surface area contributed by atoms with E-state index in [0.29, 0.717) is 0 Å². The van der Waals surface area contributed by atoms with E-state index in [9.17, 15) is 0 Å². The van der Waals surface area contributed by atoms with Gasteiger partial charge in [-0.25, -0.2) is 0 Å². The Hall–Kier alpha value is -2.80. The number of para-hydroxylation sites is 1. The Labute approximate surface area is 130 Å². The minimum atomic E-state index is 1.21. The smallest absolute Gasteiger partial charge is 0.0531 e. The van der Waals surface area contributed by atoms with Crippen LogP contribution in [0, 0.1) is 6.92 Å². The van der Waals surface area contributed by atoms with Gasteiger partial charge in [0, 0.05) is 16.8 Å². The molecule has 1 aromatic heterocycles. The minimum Gasteiger partial charge on any atom is -0.314 e. The first-order valence-electron chi connectivity index (χ1n) is 7.56. The Balaban J connectivity index is 1.90. The second-order valence-corrected chi connectivity index (χ2v) is 5.60. The summed E-state index contributed by atoms with van der Waals surface area (Å²) in [7, 11) is 0. The SMILES string of the molecule is Cc1cc2cc(-c3ccccc3)ccc2n1-c1ccccc1. The molecule has 1 nitrogen and oxygen atoms in total. The van der Waals surface area contributed by atoms with Gasteiger partial charge < -0.3 is 4.57 Å². The van der Waals surface area contributed by atoms with Crippen LogP contribution in [-0.4, -0.2) is 4.57 Å². The van der Waals surface area contributed by atoms with Crippen molar-refractivity contribution in [3.63, 3.8) is 0 Å². The Morgan fingerprint density at radius 3 is 2.05 bits per heavy atom. The van der Waals surface area contributed by atoms with Crippen LogP contribution in [0.15, 0.2) is 84.9 Å². The summed E-state index contributed by atoms with van der Waals surface area (Å²) in [5.41, 5.74) is 6.24. The van der Waals surface area contributed by atoms with E-state index >= 15 is 0 Å². The van der Waals surface area contributed by atoms with Crippen LogP contribution in [0.25, 0.3) is 27.7 Å². The first-order valence-corrected chi connectivity index (χ1v) is 7.56. The lowest BCUT2D eigenvalue weighted by Gasteiger charge is -2.08. The molecule has 0 amide bonds. The highest BCUT2D eigenvalue weighted by Crippen LogP contribution is 2.28. The molecule has 0 saturated heterocycles. The summed E-state index contributed by atoms with van der Waals surface area (Å²) in [5.74, 6) is 0. The minimum absolute atomic E-state index is 1.21. The average molecular weight is 283 g/mol. The topological polar surface area (TPSA) is 4.93 Å². The fourth-order valence-corrected chi connectivity index (χ4v) is 3.08. The zero-order chi connectivity index (χ0) is 14.9. The maximum absolute atomic E-state index is 2.31.